The average molecular weight is 1820 g/mol. The van der Waals surface area contributed by atoms with Crippen LogP contribution in [0.3, 0.4) is 0 Å². The summed E-state index contributed by atoms with van der Waals surface area (Å²) in [5, 5.41) is 112. The maximum atomic E-state index is 15.2. The normalized spacial score (nSPS) is 13.7. The minimum absolute atomic E-state index is 0.00183. The van der Waals surface area contributed by atoms with Gasteiger partial charge in [-0.05, 0) is 122 Å². The van der Waals surface area contributed by atoms with Gasteiger partial charge in [0, 0.05) is 151 Å². The monoisotopic (exact) mass is 1820 g/mol. The van der Waals surface area contributed by atoms with Crippen molar-refractivity contribution in [2.75, 3.05) is 83.2 Å². The van der Waals surface area contributed by atoms with E-state index in [1.807, 2.05) is 0 Å². The van der Waals surface area contributed by atoms with E-state index in [1.54, 1.807) is 13.2 Å². The topological polar surface area (TPSA) is 906 Å². The van der Waals surface area contributed by atoms with Gasteiger partial charge in [-0.2, -0.15) is 24.4 Å². The minimum atomic E-state index is -1.49. The maximum Gasteiger partial charge on any atom is 0.240 e. The number of carbonyl (C=O) groups excluding carboxylic acids is 14. The first kappa shape index (κ1) is 114. The van der Waals surface area contributed by atoms with Gasteiger partial charge in [-0.25, -0.2) is 0 Å². The summed E-state index contributed by atoms with van der Waals surface area (Å²) >= 11 is 5.44. The van der Waals surface area contributed by atoms with Crippen molar-refractivity contribution in [3.8, 4) is 0 Å². The zero-order chi connectivity index (χ0) is 95.4. The number of thioether (sulfide) groups is 1. The zero-order valence-electron chi connectivity index (χ0n) is 72.4. The summed E-state index contributed by atoms with van der Waals surface area (Å²) in [6.45, 7) is 2.73. The third-order valence-corrected chi connectivity index (χ3v) is 20.8. The van der Waals surface area contributed by atoms with Crippen LogP contribution in [0.1, 0.15) is 174 Å². The Morgan fingerprint density at radius 2 is 0.516 bits per heavy atom. The number of carbonyl (C=O) groups is 14. The summed E-state index contributed by atoms with van der Waals surface area (Å²) in [4.78, 5) is 198. The standard InChI is InChI=1S/C75H141N35O14S2/c1-4-59(117)105-53(40-126-3)54(112)32-41(2)61(119)104-38-47(111)33-42(14-5-23-95-67(77)78)62(120)106-48(19-10-28-100-72(87)88)55(113)34-43(15-6-24-96-68(79)80)63(121)107-49(20-11-29-101-73(89)90)56(114)35-44(16-7-25-97-69(81)82)64(122)108-50(21-12-30-102-74(91)92)57(115)36-45(17-8-26-98-70(83)84)65(123)109-51(22-13-31-103-75(93)94)58(116)37-46(18-9-27-99-71(85)86)66(124)110-52(39-125)60(76)118/h41-46,48-53,125H,4-40H2,1-3H3,(H2,76,118)(H,104,119)(H,105,117)(H,106,120)(H,107,121)(H,108,122)(H,109,123)(H,110,124)(H4,77,78,95)(H4,79,80,96)(H4,81,82,97)(H4,83,84,98)(H4,85,86,99)(H4,87,88,100)(H4,89,90,101)(H4,91,92,102)(H4,93,94,103)/t41-,42+,43+,44+,45+,46+,48-,49-,50-,51-,52-,53+/m1/s1. The highest BCUT2D eigenvalue weighted by Gasteiger charge is 2.38. The molecule has 0 bridgehead atoms. The molecule has 0 saturated heterocycles. The molecule has 45 N–H and O–H groups in total. The van der Waals surface area contributed by atoms with Crippen LogP contribution >= 0.6 is 24.4 Å². The molecule has 0 spiro atoms. The Bertz CT molecular complexity index is 3660. The SMILES string of the molecule is CCC(=O)N[C@@H](CSC)C(=O)C[C@@H](C)C(=O)NCC(=O)C[C@H](CCCNC(=N)N)C(=O)N[C@H](CCCNC(=N)N)C(=O)C[C@H](CCCNC(=N)N)C(=O)N[C@H](CCCNC(=N)N)C(=O)C[C@H](CCCNC(=N)N)C(=O)N[C@H](CCCNC(=N)N)C(=O)C[C@H](CCCNC(=N)N)C(=O)N[C@H](CCCNC(=N)N)C(=O)C[C@H](CCCNC(=N)N)C(=O)N[C@H](CS)C(N)=O. The van der Waals surface area contributed by atoms with E-state index in [0.29, 0.717) is 0 Å². The molecule has 0 rings (SSSR count). The first-order chi connectivity index (χ1) is 59.4. The second-order valence-corrected chi connectivity index (χ2v) is 31.6. The molecule has 0 aliphatic carbocycles. The largest absolute Gasteiger partial charge is 0.370 e. The predicted octanol–water partition coefficient (Wildman–Crippen LogP) is -6.96. The van der Waals surface area contributed by atoms with E-state index in [1.165, 1.54) is 18.7 Å². The van der Waals surface area contributed by atoms with E-state index >= 15 is 24.0 Å². The number of rotatable bonds is 72. The molecule has 0 saturated carbocycles. The van der Waals surface area contributed by atoms with Crippen molar-refractivity contribution in [1.29, 1.82) is 48.7 Å². The fourth-order valence-electron chi connectivity index (χ4n) is 13.0. The molecule has 0 radical (unpaired) electrons. The van der Waals surface area contributed by atoms with Crippen molar-refractivity contribution in [2.45, 2.75) is 211 Å². The Balaban J connectivity index is 8.07. The number of nitrogens with one attached hydrogen (secondary N) is 25. The number of guanidine groups is 9. The fourth-order valence-corrected chi connectivity index (χ4v) is 13.8. The highest BCUT2D eigenvalue weighted by molar-refractivity contribution is 7.98. The molecular weight excluding hydrogens is 1680 g/mol. The van der Waals surface area contributed by atoms with Gasteiger partial charge in [0.05, 0.1) is 36.8 Å². The molecule has 0 aromatic carbocycles. The smallest absolute Gasteiger partial charge is 0.240 e. The van der Waals surface area contributed by atoms with Crippen LogP contribution in [0.25, 0.3) is 0 Å². The van der Waals surface area contributed by atoms with Crippen molar-refractivity contribution in [2.24, 2.45) is 92.8 Å². The molecule has 0 aromatic rings. The van der Waals surface area contributed by atoms with Gasteiger partial charge >= 0.3 is 0 Å². The Morgan fingerprint density at radius 3 is 0.730 bits per heavy atom. The zero-order valence-corrected chi connectivity index (χ0v) is 74.1. The van der Waals surface area contributed by atoms with E-state index in [4.69, 9.17) is 106 Å². The quantitative estimate of drug-likeness (QED) is 0.0116. The number of hydrogen-bond donors (Lipinski definition) is 36. The molecule has 51 heteroatoms. The number of nitrogens with two attached hydrogens (primary N) is 10. The van der Waals surface area contributed by atoms with Crippen LogP contribution < -0.4 is 142 Å². The van der Waals surface area contributed by atoms with E-state index in [9.17, 15) is 43.2 Å². The van der Waals surface area contributed by atoms with Crippen LogP contribution in [0.2, 0.25) is 0 Å². The van der Waals surface area contributed by atoms with Crippen molar-refractivity contribution in [1.82, 2.24) is 85.1 Å². The van der Waals surface area contributed by atoms with E-state index < -0.39 is 228 Å². The lowest BCUT2D eigenvalue weighted by molar-refractivity contribution is -0.136. The second kappa shape index (κ2) is 65.5. The molecule has 49 nitrogen and oxygen atoms in total. The van der Waals surface area contributed by atoms with Crippen molar-refractivity contribution in [3.05, 3.63) is 0 Å². The van der Waals surface area contributed by atoms with Gasteiger partial charge < -0.3 is 142 Å². The van der Waals surface area contributed by atoms with Gasteiger partial charge in [-0.1, -0.05) is 13.8 Å². The first-order valence-corrected chi connectivity index (χ1v) is 43.8. The van der Waals surface area contributed by atoms with E-state index in [-0.39, 0.29) is 217 Å². The van der Waals surface area contributed by atoms with Crippen LogP contribution in [0.5, 0.6) is 0 Å². The van der Waals surface area contributed by atoms with Crippen molar-refractivity contribution < 1.29 is 67.1 Å². The first-order valence-electron chi connectivity index (χ1n) is 41.8. The summed E-state index contributed by atoms with van der Waals surface area (Å²) in [5.74, 6) is -21.0. The lowest BCUT2D eigenvalue weighted by Crippen LogP contribution is -2.50. The molecule has 0 aromatic heterocycles. The lowest BCUT2D eigenvalue weighted by Gasteiger charge is -2.27. The Hall–Kier alpha value is -12.1. The summed E-state index contributed by atoms with van der Waals surface area (Å²) in [6.07, 6.45) is -1.58. The summed E-state index contributed by atoms with van der Waals surface area (Å²) < 4.78 is 0. The van der Waals surface area contributed by atoms with Crippen molar-refractivity contribution in [3.63, 3.8) is 0 Å². The molecule has 0 unspecified atom stereocenters. The van der Waals surface area contributed by atoms with E-state index in [2.05, 4.69) is 97.7 Å². The second-order valence-electron chi connectivity index (χ2n) is 30.4. The molecule has 8 amide bonds. The van der Waals surface area contributed by atoms with Crippen molar-refractivity contribution >= 4 is 160 Å². The van der Waals surface area contributed by atoms with Crippen LogP contribution in [0, 0.1) is 84.2 Å². The molecule has 12 atom stereocenters. The highest BCUT2D eigenvalue weighted by Crippen LogP contribution is 2.24. The third kappa shape index (κ3) is 54.5. The van der Waals surface area contributed by atoms with Gasteiger partial charge in [0.1, 0.15) is 6.04 Å². The predicted molar refractivity (Wildman–Crippen MR) is 483 cm³/mol. The van der Waals surface area contributed by atoms with Gasteiger partial charge in [0.25, 0.3) is 0 Å². The molecule has 0 fully saturated rings. The molecule has 0 aliphatic rings. The maximum absolute atomic E-state index is 15.2. The van der Waals surface area contributed by atoms with Gasteiger partial charge in [-0.15, -0.1) is 0 Å². The third-order valence-electron chi connectivity index (χ3n) is 19.7. The van der Waals surface area contributed by atoms with Gasteiger partial charge in [0.15, 0.2) is 88.3 Å². The van der Waals surface area contributed by atoms with Crippen LogP contribution in [0.15, 0.2) is 0 Å². The number of hydrogen-bond acceptors (Lipinski definition) is 25. The summed E-state index contributed by atoms with van der Waals surface area (Å²) in [6, 6.07) is -7.86. The molecular formula is C75H141N35O14S2. The Morgan fingerprint density at radius 1 is 0.294 bits per heavy atom. The van der Waals surface area contributed by atoms with Crippen LogP contribution in [-0.4, -0.2) is 255 Å². The number of amides is 8. The van der Waals surface area contributed by atoms with Crippen LogP contribution in [-0.2, 0) is 67.1 Å². The number of Topliss-reactive ketones (excluding diaryl/α,β-unsaturated/α-hetero) is 6. The molecule has 0 heterocycles. The summed E-state index contributed by atoms with van der Waals surface area (Å²) in [5.41, 5.74) is 55.7. The number of thiol groups is 1. The number of primary amides is 1. The number of ketones is 6. The minimum Gasteiger partial charge on any atom is -0.370 e. The van der Waals surface area contributed by atoms with E-state index in [0.717, 1.165) is 0 Å². The Labute approximate surface area is 744 Å². The Kier molecular flexibility index (Phi) is 59.2. The summed E-state index contributed by atoms with van der Waals surface area (Å²) in [7, 11) is 0. The molecule has 126 heavy (non-hydrogen) atoms. The highest BCUT2D eigenvalue weighted by atomic mass is 32.2. The van der Waals surface area contributed by atoms with Gasteiger partial charge in [-0.3, -0.25) is 116 Å². The fraction of sp³-hybridized carbons (Fsp3) is 0.693. The van der Waals surface area contributed by atoms with Crippen LogP contribution in [0.4, 0.5) is 0 Å². The average Bonchev–Trinajstić information content (AvgIpc) is 0.858. The molecule has 712 valence electrons. The molecule has 0 aliphatic heterocycles. The van der Waals surface area contributed by atoms with Gasteiger partial charge in [0.2, 0.25) is 47.3 Å². The lowest BCUT2D eigenvalue weighted by atomic mass is 9.88.